The molecule has 0 amide bonds. The van der Waals surface area contributed by atoms with Crippen LogP contribution in [0.25, 0.3) is 99.1 Å². The number of benzene rings is 6. The molecule has 52 heavy (non-hydrogen) atoms. The maximum atomic E-state index is 6.47. The highest BCUT2D eigenvalue weighted by molar-refractivity contribution is 7.25. The molecule has 0 unspecified atom stereocenters. The Labute approximate surface area is 301 Å². The van der Waals surface area contributed by atoms with Crippen molar-refractivity contribution in [1.29, 1.82) is 0 Å². The first kappa shape index (κ1) is 29.1. The third-order valence-corrected chi connectivity index (χ3v) is 11.1. The Hall–Kier alpha value is -6.63. The summed E-state index contributed by atoms with van der Waals surface area (Å²) in [6.45, 7) is 0. The summed E-state index contributed by atoms with van der Waals surface area (Å²) in [7, 11) is 0. The molecule has 0 bridgehead atoms. The number of furan rings is 2. The lowest BCUT2D eigenvalue weighted by molar-refractivity contribution is 0.598. The Morgan fingerprint density at radius 2 is 1.21 bits per heavy atom. The predicted octanol–water partition coefficient (Wildman–Crippen LogP) is 12.5. The SMILES string of the molecule is C1=Cc2oc3cccc(-c4cccc5oc6ccccc6c45)c3c2C/C1=C\c1nc(-c2ccccc2)nc(-c2ccc3c(c2)sc2ccccc23)n1. The van der Waals surface area contributed by atoms with Crippen LogP contribution in [0.3, 0.4) is 0 Å². The Kier molecular flexibility index (Phi) is 6.42. The highest BCUT2D eigenvalue weighted by atomic mass is 32.1. The lowest BCUT2D eigenvalue weighted by Crippen LogP contribution is -2.01. The van der Waals surface area contributed by atoms with Gasteiger partial charge in [0, 0.05) is 59.4 Å². The normalized spacial score (nSPS) is 13.7. The smallest absolute Gasteiger partial charge is 0.164 e. The molecule has 244 valence electrons. The van der Waals surface area contributed by atoms with Crippen LogP contribution < -0.4 is 0 Å². The maximum absolute atomic E-state index is 6.47. The van der Waals surface area contributed by atoms with Crippen LogP contribution in [0.4, 0.5) is 0 Å². The summed E-state index contributed by atoms with van der Waals surface area (Å²) in [5.74, 6) is 2.79. The Bertz CT molecular complexity index is 3110. The Balaban J connectivity index is 1.04. The van der Waals surface area contributed by atoms with Gasteiger partial charge in [-0.05, 0) is 59.2 Å². The molecular formula is C46H27N3O2S. The summed E-state index contributed by atoms with van der Waals surface area (Å²) in [4.78, 5) is 15.0. The van der Waals surface area contributed by atoms with Crippen molar-refractivity contribution in [2.24, 2.45) is 0 Å². The topological polar surface area (TPSA) is 65.0 Å². The minimum Gasteiger partial charge on any atom is -0.456 e. The number of fused-ring (bicyclic) bond motifs is 9. The largest absolute Gasteiger partial charge is 0.456 e. The average molecular weight is 686 g/mol. The van der Waals surface area contributed by atoms with Crippen molar-refractivity contribution in [2.75, 3.05) is 0 Å². The summed E-state index contributed by atoms with van der Waals surface area (Å²) in [5, 5.41) is 5.85. The van der Waals surface area contributed by atoms with Gasteiger partial charge >= 0.3 is 0 Å². The van der Waals surface area contributed by atoms with Gasteiger partial charge in [-0.2, -0.15) is 0 Å². The number of allylic oxidation sites excluding steroid dienone is 2. The Morgan fingerprint density at radius 1 is 0.519 bits per heavy atom. The van der Waals surface area contributed by atoms with Crippen LogP contribution in [0, 0.1) is 0 Å². The second-order valence-electron chi connectivity index (χ2n) is 13.1. The van der Waals surface area contributed by atoms with Crippen molar-refractivity contribution < 1.29 is 8.83 Å². The minimum absolute atomic E-state index is 0.617. The van der Waals surface area contributed by atoms with E-state index in [-0.39, 0.29) is 0 Å². The van der Waals surface area contributed by atoms with Crippen molar-refractivity contribution in [3.63, 3.8) is 0 Å². The fourth-order valence-corrected chi connectivity index (χ4v) is 8.79. The summed E-state index contributed by atoms with van der Waals surface area (Å²) < 4.78 is 15.2. The molecule has 0 saturated carbocycles. The molecule has 1 aliphatic rings. The first-order valence-electron chi connectivity index (χ1n) is 17.3. The van der Waals surface area contributed by atoms with Gasteiger partial charge in [-0.25, -0.2) is 15.0 Å². The number of nitrogens with zero attached hydrogens (tertiary/aromatic N) is 3. The molecule has 6 heteroatoms. The number of hydrogen-bond acceptors (Lipinski definition) is 6. The van der Waals surface area contributed by atoms with E-state index in [2.05, 4.69) is 103 Å². The highest BCUT2D eigenvalue weighted by Gasteiger charge is 2.22. The van der Waals surface area contributed by atoms with Gasteiger partial charge in [-0.15, -0.1) is 11.3 Å². The fraction of sp³-hybridized carbons (Fsp3) is 0.0217. The van der Waals surface area contributed by atoms with Crippen LogP contribution in [0.15, 0.2) is 154 Å². The van der Waals surface area contributed by atoms with Gasteiger partial charge in [-0.1, -0.05) is 109 Å². The second kappa shape index (κ2) is 11.5. The van der Waals surface area contributed by atoms with Crippen molar-refractivity contribution in [3.8, 4) is 33.9 Å². The molecule has 11 rings (SSSR count). The number of rotatable bonds is 4. The molecule has 0 spiro atoms. The number of aromatic nitrogens is 3. The van der Waals surface area contributed by atoms with Crippen molar-refractivity contribution in [1.82, 2.24) is 15.0 Å². The second-order valence-corrected chi connectivity index (χ2v) is 14.2. The van der Waals surface area contributed by atoms with Gasteiger partial charge in [0.15, 0.2) is 17.5 Å². The predicted molar refractivity (Wildman–Crippen MR) is 213 cm³/mol. The van der Waals surface area contributed by atoms with E-state index in [0.29, 0.717) is 23.9 Å². The van der Waals surface area contributed by atoms with Gasteiger partial charge in [0.1, 0.15) is 22.5 Å². The molecule has 0 radical (unpaired) electrons. The minimum atomic E-state index is 0.617. The molecule has 5 nitrogen and oxygen atoms in total. The van der Waals surface area contributed by atoms with Crippen molar-refractivity contribution in [2.45, 2.75) is 6.42 Å². The van der Waals surface area contributed by atoms with Gasteiger partial charge in [0.05, 0.1) is 0 Å². The highest BCUT2D eigenvalue weighted by Crippen LogP contribution is 2.43. The summed E-state index contributed by atoms with van der Waals surface area (Å²) >= 11 is 1.79. The first-order chi connectivity index (χ1) is 25.7. The monoisotopic (exact) mass is 685 g/mol. The van der Waals surface area contributed by atoms with Crippen LogP contribution in [0.5, 0.6) is 0 Å². The van der Waals surface area contributed by atoms with E-state index in [9.17, 15) is 0 Å². The molecule has 4 aromatic heterocycles. The molecular weight excluding hydrogens is 659 g/mol. The molecule has 0 fully saturated rings. The zero-order valence-corrected chi connectivity index (χ0v) is 28.5. The molecule has 10 aromatic rings. The fourth-order valence-electron chi connectivity index (χ4n) is 7.64. The van der Waals surface area contributed by atoms with Gasteiger partial charge in [0.25, 0.3) is 0 Å². The van der Waals surface area contributed by atoms with E-state index < -0.39 is 0 Å². The molecule has 6 aromatic carbocycles. The molecule has 0 saturated heterocycles. The number of hydrogen-bond donors (Lipinski definition) is 0. The summed E-state index contributed by atoms with van der Waals surface area (Å²) in [6, 6.07) is 46.0. The van der Waals surface area contributed by atoms with Crippen molar-refractivity contribution >= 4 is 76.6 Å². The van der Waals surface area contributed by atoms with E-state index >= 15 is 0 Å². The molecule has 0 aliphatic heterocycles. The molecule has 1 aliphatic carbocycles. The van der Waals surface area contributed by atoms with E-state index in [1.165, 1.54) is 20.2 Å². The van der Waals surface area contributed by atoms with Crippen LogP contribution in [0.1, 0.15) is 17.1 Å². The molecule has 0 atom stereocenters. The van der Waals surface area contributed by atoms with Crippen LogP contribution >= 0.6 is 11.3 Å². The summed E-state index contributed by atoms with van der Waals surface area (Å²) in [5.41, 5.74) is 9.03. The summed E-state index contributed by atoms with van der Waals surface area (Å²) in [6.07, 6.45) is 6.94. The van der Waals surface area contributed by atoms with Gasteiger partial charge in [0.2, 0.25) is 0 Å². The van der Waals surface area contributed by atoms with E-state index in [0.717, 1.165) is 72.1 Å². The quantitative estimate of drug-likeness (QED) is 0.184. The number of para-hydroxylation sites is 1. The Morgan fingerprint density at radius 3 is 2.08 bits per heavy atom. The van der Waals surface area contributed by atoms with E-state index in [1.807, 2.05) is 48.5 Å². The van der Waals surface area contributed by atoms with Gasteiger partial charge in [-0.3, -0.25) is 0 Å². The van der Waals surface area contributed by atoms with Crippen LogP contribution in [-0.2, 0) is 6.42 Å². The molecule has 4 heterocycles. The van der Waals surface area contributed by atoms with E-state index in [4.69, 9.17) is 23.8 Å². The lowest BCUT2D eigenvalue weighted by Gasteiger charge is -2.12. The standard InChI is InChI=1S/C46H27N3O2S/c1-2-10-28(11-3-1)45-47-42(48-46(49-45)29-21-22-31-30-12-5-7-19-40(30)52-41(31)26-29)25-27-20-23-37-35(24-27)44-33(15-9-18-39(44)51-37)32-14-8-17-38-43(32)34-13-4-6-16-36(34)50-38/h1-23,25-26H,24H2/b27-25-. The van der Waals surface area contributed by atoms with Crippen LogP contribution in [0.2, 0.25) is 0 Å². The third kappa shape index (κ3) is 4.65. The zero-order chi connectivity index (χ0) is 34.2. The van der Waals surface area contributed by atoms with Gasteiger partial charge < -0.3 is 8.83 Å². The first-order valence-corrected chi connectivity index (χ1v) is 18.1. The number of thiophene rings is 1. The average Bonchev–Trinajstić information content (AvgIpc) is 3.89. The third-order valence-electron chi connectivity index (χ3n) is 10.0. The maximum Gasteiger partial charge on any atom is 0.164 e. The van der Waals surface area contributed by atoms with Crippen molar-refractivity contribution in [3.05, 3.63) is 162 Å². The molecule has 0 N–H and O–H groups in total. The van der Waals surface area contributed by atoms with E-state index in [1.54, 1.807) is 11.3 Å². The zero-order valence-electron chi connectivity index (χ0n) is 27.7. The lowest BCUT2D eigenvalue weighted by atomic mass is 9.90. The van der Waals surface area contributed by atoms with Crippen LogP contribution in [-0.4, -0.2) is 15.0 Å².